The Balaban J connectivity index is 1.30. The number of nitrogens with zero attached hydrogens (tertiary/aromatic N) is 4. The summed E-state index contributed by atoms with van der Waals surface area (Å²) in [5.41, 5.74) is 2.55. The number of hydrogen-bond acceptors (Lipinski definition) is 6. The summed E-state index contributed by atoms with van der Waals surface area (Å²) in [5.74, 6) is 3.35. The van der Waals surface area contributed by atoms with E-state index in [0.717, 1.165) is 68.2 Å². The number of aliphatic hydroxyl groups is 1. The smallest absolute Gasteiger partial charge is 0.134 e. The fraction of sp³-hybridized carbons (Fsp3) is 0.478. The van der Waals surface area contributed by atoms with Gasteiger partial charge in [-0.1, -0.05) is 0 Å². The molecular formula is C23H29N5O2. The number of hydrogen-bond donors (Lipinski definition) is 2. The molecule has 2 aliphatic rings. The van der Waals surface area contributed by atoms with Crippen LogP contribution < -0.4 is 14.5 Å². The number of benzene rings is 1. The van der Waals surface area contributed by atoms with Crippen molar-refractivity contribution in [1.29, 1.82) is 0 Å². The van der Waals surface area contributed by atoms with Gasteiger partial charge in [0, 0.05) is 42.8 Å². The van der Waals surface area contributed by atoms with E-state index in [2.05, 4.69) is 49.1 Å². The van der Waals surface area contributed by atoms with Gasteiger partial charge in [0.05, 0.1) is 19.8 Å². The Morgan fingerprint density at radius 3 is 2.73 bits per heavy atom. The lowest BCUT2D eigenvalue weighted by atomic mass is 9.89. The largest absolute Gasteiger partial charge is 0.497 e. The summed E-state index contributed by atoms with van der Waals surface area (Å²) < 4.78 is 5.42. The molecule has 30 heavy (non-hydrogen) atoms. The van der Waals surface area contributed by atoms with Gasteiger partial charge in [-0.25, -0.2) is 9.97 Å². The predicted molar refractivity (Wildman–Crippen MR) is 119 cm³/mol. The summed E-state index contributed by atoms with van der Waals surface area (Å²) in [5, 5.41) is 10.9. The molecule has 158 valence electrons. The number of nitrogens with one attached hydrogen (secondary N) is 1. The van der Waals surface area contributed by atoms with Crippen LogP contribution >= 0.6 is 0 Å². The average molecular weight is 408 g/mol. The van der Waals surface area contributed by atoms with Gasteiger partial charge in [-0.3, -0.25) is 0 Å². The number of aromatic amines is 1. The fourth-order valence-corrected chi connectivity index (χ4v) is 5.00. The van der Waals surface area contributed by atoms with Gasteiger partial charge in [0.25, 0.3) is 0 Å². The van der Waals surface area contributed by atoms with Crippen molar-refractivity contribution in [3.8, 4) is 5.75 Å². The topological polar surface area (TPSA) is 77.5 Å². The summed E-state index contributed by atoms with van der Waals surface area (Å²) in [6, 6.07) is 8.49. The third kappa shape index (κ3) is 3.47. The maximum atomic E-state index is 9.64. The molecule has 0 spiro atoms. The van der Waals surface area contributed by atoms with Crippen molar-refractivity contribution >= 4 is 22.5 Å². The summed E-state index contributed by atoms with van der Waals surface area (Å²) in [4.78, 5) is 17.0. The maximum absolute atomic E-state index is 9.64. The minimum atomic E-state index is 0.178. The van der Waals surface area contributed by atoms with Crippen LogP contribution in [0.1, 0.15) is 37.2 Å². The van der Waals surface area contributed by atoms with E-state index >= 15 is 0 Å². The molecule has 2 N–H and O–H groups in total. The van der Waals surface area contributed by atoms with Crippen LogP contribution in [0, 0.1) is 0 Å². The van der Waals surface area contributed by atoms with Gasteiger partial charge in [0.2, 0.25) is 0 Å². The minimum absolute atomic E-state index is 0.178. The Morgan fingerprint density at radius 1 is 1.10 bits per heavy atom. The Kier molecular flexibility index (Phi) is 5.21. The first kappa shape index (κ1) is 19.2. The highest BCUT2D eigenvalue weighted by atomic mass is 16.5. The summed E-state index contributed by atoms with van der Waals surface area (Å²) in [6.45, 7) is 3.08. The molecule has 0 saturated carbocycles. The second-order valence-corrected chi connectivity index (χ2v) is 8.32. The van der Waals surface area contributed by atoms with Crippen LogP contribution in [0.3, 0.4) is 0 Å². The highest BCUT2D eigenvalue weighted by molar-refractivity contribution is 5.85. The monoisotopic (exact) mass is 407 g/mol. The molecule has 2 fully saturated rings. The van der Waals surface area contributed by atoms with Crippen LogP contribution in [0.4, 0.5) is 11.6 Å². The first-order chi connectivity index (χ1) is 14.8. The molecule has 5 rings (SSSR count). The third-order valence-corrected chi connectivity index (χ3v) is 6.70. The first-order valence-electron chi connectivity index (χ1n) is 10.9. The van der Waals surface area contributed by atoms with Crippen molar-refractivity contribution in [2.75, 3.05) is 43.2 Å². The summed E-state index contributed by atoms with van der Waals surface area (Å²) in [6.07, 6.45) is 8.13. The lowest BCUT2D eigenvalue weighted by molar-refractivity contribution is 0.266. The van der Waals surface area contributed by atoms with Crippen molar-refractivity contribution in [3.05, 3.63) is 42.4 Å². The fourth-order valence-electron chi connectivity index (χ4n) is 5.00. The zero-order chi connectivity index (χ0) is 20.5. The second-order valence-electron chi connectivity index (χ2n) is 8.32. The Hall–Kier alpha value is -2.80. The van der Waals surface area contributed by atoms with Gasteiger partial charge >= 0.3 is 0 Å². The van der Waals surface area contributed by atoms with Crippen LogP contribution in [0.25, 0.3) is 10.9 Å². The SMILES string of the molecule is COc1ccc2[nH]cc(C3CCN(c4cc(N5CCCC5CO)ncn4)CC3)c2c1. The van der Waals surface area contributed by atoms with Crippen molar-refractivity contribution in [2.45, 2.75) is 37.6 Å². The number of H-pyrrole nitrogens is 1. The molecule has 0 radical (unpaired) electrons. The molecule has 0 aliphatic carbocycles. The van der Waals surface area contributed by atoms with Gasteiger partial charge in [-0.2, -0.15) is 0 Å². The van der Waals surface area contributed by atoms with Crippen LogP contribution in [-0.2, 0) is 0 Å². The second kappa shape index (κ2) is 8.14. The van der Waals surface area contributed by atoms with Crippen LogP contribution in [-0.4, -0.2) is 59.5 Å². The molecule has 0 bridgehead atoms. The minimum Gasteiger partial charge on any atom is -0.497 e. The van der Waals surface area contributed by atoms with Gasteiger partial charge in [0.15, 0.2) is 0 Å². The number of piperidine rings is 1. The average Bonchev–Trinajstić information content (AvgIpc) is 3.46. The van der Waals surface area contributed by atoms with E-state index in [4.69, 9.17) is 4.74 Å². The molecule has 1 aromatic carbocycles. The molecule has 1 unspecified atom stereocenters. The highest BCUT2D eigenvalue weighted by Crippen LogP contribution is 2.36. The Morgan fingerprint density at radius 2 is 1.93 bits per heavy atom. The van der Waals surface area contributed by atoms with Gasteiger partial charge in [-0.15, -0.1) is 0 Å². The summed E-state index contributed by atoms with van der Waals surface area (Å²) in [7, 11) is 1.72. The Labute approximate surface area is 176 Å². The molecule has 2 aliphatic heterocycles. The highest BCUT2D eigenvalue weighted by Gasteiger charge is 2.27. The van der Waals surface area contributed by atoms with Crippen molar-refractivity contribution in [1.82, 2.24) is 15.0 Å². The number of methoxy groups -OCH3 is 1. The molecule has 4 heterocycles. The van der Waals surface area contributed by atoms with Gasteiger partial charge < -0.3 is 24.6 Å². The standard InChI is InChI=1S/C23H29N5O2/c1-30-18-4-5-21-19(11-18)20(13-24-21)16-6-9-27(10-7-16)22-12-23(26-15-25-22)28-8-2-3-17(28)14-29/h4-5,11-13,15-17,24,29H,2-3,6-10,14H2,1H3. The van der Waals surface area contributed by atoms with Crippen LogP contribution in [0.2, 0.25) is 0 Å². The molecule has 3 aromatic rings. The maximum Gasteiger partial charge on any atom is 0.134 e. The number of ether oxygens (including phenoxy) is 1. The number of rotatable bonds is 5. The van der Waals surface area contributed by atoms with E-state index in [0.29, 0.717) is 5.92 Å². The van der Waals surface area contributed by atoms with E-state index < -0.39 is 0 Å². The number of fused-ring (bicyclic) bond motifs is 1. The van der Waals surface area contributed by atoms with Gasteiger partial charge in [0.1, 0.15) is 23.7 Å². The van der Waals surface area contributed by atoms with Gasteiger partial charge in [-0.05, 0) is 55.4 Å². The van der Waals surface area contributed by atoms with Crippen molar-refractivity contribution in [2.24, 2.45) is 0 Å². The molecular weight excluding hydrogens is 378 g/mol. The number of aromatic nitrogens is 3. The lowest BCUT2D eigenvalue weighted by Crippen LogP contribution is -2.35. The third-order valence-electron chi connectivity index (χ3n) is 6.70. The quantitative estimate of drug-likeness (QED) is 0.676. The predicted octanol–water partition coefficient (Wildman–Crippen LogP) is 3.31. The van der Waals surface area contributed by atoms with Crippen molar-refractivity contribution < 1.29 is 9.84 Å². The molecule has 1 atom stereocenters. The number of anilines is 2. The zero-order valence-electron chi connectivity index (χ0n) is 17.4. The van der Waals surface area contributed by atoms with E-state index in [1.165, 1.54) is 10.9 Å². The first-order valence-corrected chi connectivity index (χ1v) is 10.9. The molecule has 0 amide bonds. The van der Waals surface area contributed by atoms with E-state index in [1.807, 2.05) is 6.07 Å². The number of aliphatic hydroxyl groups excluding tert-OH is 1. The van der Waals surface area contributed by atoms with Crippen LogP contribution in [0.5, 0.6) is 5.75 Å². The lowest BCUT2D eigenvalue weighted by Gasteiger charge is -2.33. The van der Waals surface area contributed by atoms with E-state index in [1.54, 1.807) is 13.4 Å². The van der Waals surface area contributed by atoms with Crippen LogP contribution in [0.15, 0.2) is 36.8 Å². The summed E-state index contributed by atoms with van der Waals surface area (Å²) >= 11 is 0. The zero-order valence-corrected chi connectivity index (χ0v) is 17.4. The van der Waals surface area contributed by atoms with Crippen molar-refractivity contribution in [3.63, 3.8) is 0 Å². The molecule has 7 heteroatoms. The molecule has 2 saturated heterocycles. The molecule has 7 nitrogen and oxygen atoms in total. The van der Waals surface area contributed by atoms with E-state index in [9.17, 15) is 5.11 Å². The molecule has 2 aromatic heterocycles. The van der Waals surface area contributed by atoms with E-state index in [-0.39, 0.29) is 12.6 Å². The normalized spacial score (nSPS) is 20.3. The Bertz CT molecular complexity index is 1010.